The van der Waals surface area contributed by atoms with Gasteiger partial charge in [0.05, 0.1) is 11.7 Å². The van der Waals surface area contributed by atoms with Crippen LogP contribution in [-0.4, -0.2) is 29.4 Å². The van der Waals surface area contributed by atoms with Gasteiger partial charge in [-0.05, 0) is 50.7 Å². The maximum Gasteiger partial charge on any atom is 0.217 e. The monoisotopic (exact) mass is 330 g/mol. The molecule has 0 unspecified atom stereocenters. The second-order valence-corrected chi connectivity index (χ2v) is 6.37. The van der Waals surface area contributed by atoms with Gasteiger partial charge < -0.3 is 10.4 Å². The Balaban J connectivity index is 2.84. The molecule has 0 saturated carbocycles. The van der Waals surface area contributed by atoms with Crippen molar-refractivity contribution in [2.75, 3.05) is 6.61 Å². The molecule has 1 aromatic carbocycles. The van der Waals surface area contributed by atoms with Gasteiger partial charge in [0.2, 0.25) is 5.91 Å². The standard InChI is InChI=1S/C20H30N2O2/c1-6-20(22-16(4)15(3)21-17(5)24)19-9-7-18(8-10-19)13-14(2)11-12-23/h6-10,14-15,23H,11-13H2,1-5H3,(H,21,24)/b20-6-,22-16?/t14-,15-/m1/s1. The van der Waals surface area contributed by atoms with Crippen molar-refractivity contribution < 1.29 is 9.90 Å². The molecule has 0 aliphatic carbocycles. The Bertz CT molecular complexity index is 588. The van der Waals surface area contributed by atoms with Crippen LogP contribution >= 0.6 is 0 Å². The highest BCUT2D eigenvalue weighted by Crippen LogP contribution is 2.19. The molecule has 0 fully saturated rings. The molecule has 0 spiro atoms. The predicted octanol–water partition coefficient (Wildman–Crippen LogP) is 3.59. The number of aliphatic hydroxyl groups is 1. The fourth-order valence-electron chi connectivity index (χ4n) is 2.53. The lowest BCUT2D eigenvalue weighted by Gasteiger charge is -2.14. The average molecular weight is 330 g/mol. The largest absolute Gasteiger partial charge is 0.396 e. The van der Waals surface area contributed by atoms with Gasteiger partial charge in [0, 0.05) is 19.2 Å². The molecular weight excluding hydrogens is 300 g/mol. The molecule has 4 nitrogen and oxygen atoms in total. The number of benzene rings is 1. The third-order valence-corrected chi connectivity index (χ3v) is 4.07. The number of allylic oxidation sites excluding steroid dienone is 1. The molecule has 0 radical (unpaired) electrons. The smallest absolute Gasteiger partial charge is 0.217 e. The maximum atomic E-state index is 11.2. The SMILES string of the molecule is C/C=C(\N=C(C)[C@@H](C)NC(C)=O)c1ccc(C[C@H](C)CCO)cc1. The van der Waals surface area contributed by atoms with E-state index in [1.165, 1.54) is 12.5 Å². The average Bonchev–Trinajstić information content (AvgIpc) is 2.52. The number of carbonyl (C=O) groups is 1. The van der Waals surface area contributed by atoms with E-state index in [1.807, 2.05) is 26.8 Å². The van der Waals surface area contributed by atoms with E-state index in [9.17, 15) is 4.79 Å². The van der Waals surface area contributed by atoms with Crippen molar-refractivity contribution in [3.05, 3.63) is 41.5 Å². The highest BCUT2D eigenvalue weighted by atomic mass is 16.3. The van der Waals surface area contributed by atoms with E-state index in [4.69, 9.17) is 5.11 Å². The van der Waals surface area contributed by atoms with Crippen molar-refractivity contribution >= 4 is 17.3 Å². The molecule has 0 heterocycles. The van der Waals surface area contributed by atoms with Gasteiger partial charge in [0.1, 0.15) is 0 Å². The number of nitrogens with one attached hydrogen (secondary N) is 1. The number of rotatable bonds is 8. The first-order valence-electron chi connectivity index (χ1n) is 8.56. The van der Waals surface area contributed by atoms with Crippen molar-refractivity contribution in [1.82, 2.24) is 5.32 Å². The molecule has 0 bridgehead atoms. The summed E-state index contributed by atoms with van der Waals surface area (Å²) in [4.78, 5) is 15.8. The quantitative estimate of drug-likeness (QED) is 0.716. The normalized spacial score (nSPS) is 15.1. The molecule has 0 aromatic heterocycles. The van der Waals surface area contributed by atoms with E-state index >= 15 is 0 Å². The van der Waals surface area contributed by atoms with Crippen molar-refractivity contribution in [2.45, 2.75) is 53.5 Å². The van der Waals surface area contributed by atoms with E-state index in [0.29, 0.717) is 5.92 Å². The predicted molar refractivity (Wildman–Crippen MR) is 101 cm³/mol. The molecule has 1 rings (SSSR count). The van der Waals surface area contributed by atoms with Gasteiger partial charge in [-0.1, -0.05) is 37.3 Å². The summed E-state index contributed by atoms with van der Waals surface area (Å²) in [6, 6.07) is 8.31. The molecular formula is C20H30N2O2. The Hall–Kier alpha value is -1.94. The minimum Gasteiger partial charge on any atom is -0.396 e. The summed E-state index contributed by atoms with van der Waals surface area (Å²) in [5.41, 5.74) is 4.10. The topological polar surface area (TPSA) is 61.7 Å². The molecule has 0 aliphatic heterocycles. The number of hydrogen-bond donors (Lipinski definition) is 2. The van der Waals surface area contributed by atoms with E-state index in [-0.39, 0.29) is 18.6 Å². The highest BCUT2D eigenvalue weighted by molar-refractivity contribution is 5.94. The van der Waals surface area contributed by atoms with E-state index in [1.54, 1.807) is 0 Å². The summed E-state index contributed by atoms with van der Waals surface area (Å²) < 4.78 is 0. The van der Waals surface area contributed by atoms with Crippen LogP contribution in [0.1, 0.15) is 52.2 Å². The molecule has 2 N–H and O–H groups in total. The van der Waals surface area contributed by atoms with Gasteiger partial charge in [0.15, 0.2) is 0 Å². The minimum absolute atomic E-state index is 0.0552. The zero-order valence-electron chi connectivity index (χ0n) is 15.5. The van der Waals surface area contributed by atoms with Crippen LogP contribution in [0.3, 0.4) is 0 Å². The van der Waals surface area contributed by atoms with Crippen LogP contribution in [0.2, 0.25) is 0 Å². The minimum atomic E-state index is -0.0870. The first-order chi connectivity index (χ1) is 11.4. The number of aliphatic hydroxyl groups excluding tert-OH is 1. The molecule has 24 heavy (non-hydrogen) atoms. The van der Waals surface area contributed by atoms with Crippen LogP contribution in [0.25, 0.3) is 5.70 Å². The van der Waals surface area contributed by atoms with Crippen LogP contribution in [-0.2, 0) is 11.2 Å². The molecule has 1 aromatic rings. The Labute approximate surface area is 145 Å². The lowest BCUT2D eigenvalue weighted by atomic mass is 9.97. The number of carbonyl (C=O) groups excluding carboxylic acids is 1. The van der Waals surface area contributed by atoms with Gasteiger partial charge in [0.25, 0.3) is 0 Å². The summed E-state index contributed by atoms with van der Waals surface area (Å²) in [6.07, 6.45) is 3.77. The Morgan fingerprint density at radius 3 is 2.38 bits per heavy atom. The molecule has 132 valence electrons. The summed E-state index contributed by atoms with van der Waals surface area (Å²) in [5.74, 6) is 0.418. The van der Waals surface area contributed by atoms with Crippen molar-refractivity contribution in [3.8, 4) is 0 Å². The first-order valence-corrected chi connectivity index (χ1v) is 8.56. The lowest BCUT2D eigenvalue weighted by molar-refractivity contribution is -0.119. The van der Waals surface area contributed by atoms with Crippen LogP contribution in [0.15, 0.2) is 35.3 Å². The van der Waals surface area contributed by atoms with Crippen LogP contribution in [0.4, 0.5) is 0 Å². The first kappa shape index (κ1) is 20.1. The zero-order valence-corrected chi connectivity index (χ0v) is 15.5. The molecule has 2 atom stereocenters. The van der Waals surface area contributed by atoms with Gasteiger partial charge in [-0.2, -0.15) is 0 Å². The summed E-state index contributed by atoms with van der Waals surface area (Å²) in [6.45, 7) is 9.72. The van der Waals surface area contributed by atoms with Crippen LogP contribution in [0.5, 0.6) is 0 Å². The van der Waals surface area contributed by atoms with Crippen molar-refractivity contribution in [1.29, 1.82) is 0 Å². The lowest BCUT2D eigenvalue weighted by Crippen LogP contribution is -2.35. The third-order valence-electron chi connectivity index (χ3n) is 4.07. The second kappa shape index (κ2) is 10.0. The highest BCUT2D eigenvalue weighted by Gasteiger charge is 2.09. The summed E-state index contributed by atoms with van der Waals surface area (Å²) in [7, 11) is 0. The third kappa shape index (κ3) is 6.67. The molecule has 4 heteroatoms. The molecule has 0 saturated heterocycles. The fourth-order valence-corrected chi connectivity index (χ4v) is 2.53. The van der Waals surface area contributed by atoms with E-state index in [2.05, 4.69) is 41.5 Å². The van der Waals surface area contributed by atoms with E-state index in [0.717, 1.165) is 29.8 Å². The summed E-state index contributed by atoms with van der Waals surface area (Å²) >= 11 is 0. The van der Waals surface area contributed by atoms with Crippen molar-refractivity contribution in [3.63, 3.8) is 0 Å². The van der Waals surface area contributed by atoms with Crippen molar-refractivity contribution in [2.24, 2.45) is 10.9 Å². The number of aliphatic imine (C=N–C) groups is 1. The number of amides is 1. The van der Waals surface area contributed by atoms with Gasteiger partial charge >= 0.3 is 0 Å². The summed E-state index contributed by atoms with van der Waals surface area (Å²) in [5, 5.41) is 11.8. The van der Waals surface area contributed by atoms with Crippen LogP contribution in [0, 0.1) is 5.92 Å². The Kier molecular flexibility index (Phi) is 8.41. The Morgan fingerprint density at radius 1 is 1.25 bits per heavy atom. The Morgan fingerprint density at radius 2 is 1.88 bits per heavy atom. The second-order valence-electron chi connectivity index (χ2n) is 6.37. The van der Waals surface area contributed by atoms with E-state index < -0.39 is 0 Å². The molecule has 0 aliphatic rings. The molecule has 1 amide bonds. The maximum absolute atomic E-state index is 11.2. The van der Waals surface area contributed by atoms with Gasteiger partial charge in [-0.25, -0.2) is 0 Å². The van der Waals surface area contributed by atoms with Gasteiger partial charge in [-0.15, -0.1) is 0 Å². The zero-order chi connectivity index (χ0) is 18.1. The number of nitrogens with zero attached hydrogens (tertiary/aromatic N) is 1. The van der Waals surface area contributed by atoms with Crippen LogP contribution < -0.4 is 5.32 Å². The fraction of sp³-hybridized carbons (Fsp3) is 0.500. The number of hydrogen-bond acceptors (Lipinski definition) is 3. The van der Waals surface area contributed by atoms with Gasteiger partial charge in [-0.3, -0.25) is 9.79 Å².